The lowest BCUT2D eigenvalue weighted by Crippen LogP contribution is -2.44. The quantitative estimate of drug-likeness (QED) is 0.806. The zero-order chi connectivity index (χ0) is 16.3. The van der Waals surface area contributed by atoms with Crippen LogP contribution >= 0.6 is 24.0 Å². The van der Waals surface area contributed by atoms with Gasteiger partial charge in [0.05, 0.1) is 5.52 Å². The number of nitrogens with one attached hydrogen (secondary N) is 2. The second kappa shape index (κ2) is 7.07. The Labute approximate surface area is 144 Å². The Bertz CT molecular complexity index is 742. The molecule has 1 aromatic heterocycles. The van der Waals surface area contributed by atoms with E-state index in [-0.39, 0.29) is 10.7 Å². The highest BCUT2D eigenvalue weighted by Gasteiger charge is 2.33. The SMILES string of the molecule is CCSC1(CNC(=O)c2ccc3[nH]c(=S)oc3c2)CCOCC1. The molecule has 1 saturated heterocycles. The molecule has 0 aliphatic carbocycles. The van der Waals surface area contributed by atoms with Crippen LogP contribution in [0.15, 0.2) is 22.6 Å². The van der Waals surface area contributed by atoms with E-state index >= 15 is 0 Å². The van der Waals surface area contributed by atoms with Gasteiger partial charge in [0, 0.05) is 30.1 Å². The highest BCUT2D eigenvalue weighted by molar-refractivity contribution is 8.00. The topological polar surface area (TPSA) is 67.3 Å². The van der Waals surface area contributed by atoms with Gasteiger partial charge in [-0.25, -0.2) is 0 Å². The first-order valence-corrected chi connectivity index (χ1v) is 9.14. The molecular weight excluding hydrogens is 332 g/mol. The second-order valence-electron chi connectivity index (χ2n) is 5.64. The Hall–Kier alpha value is -1.31. The Morgan fingerprint density at radius 3 is 2.96 bits per heavy atom. The number of oxazole rings is 1. The van der Waals surface area contributed by atoms with E-state index < -0.39 is 0 Å². The molecule has 0 atom stereocenters. The number of hydrogen-bond donors (Lipinski definition) is 2. The summed E-state index contributed by atoms with van der Waals surface area (Å²) < 4.78 is 10.9. The first-order valence-electron chi connectivity index (χ1n) is 7.75. The summed E-state index contributed by atoms with van der Waals surface area (Å²) in [7, 11) is 0. The van der Waals surface area contributed by atoms with Gasteiger partial charge in [-0.2, -0.15) is 11.8 Å². The van der Waals surface area contributed by atoms with Crippen molar-refractivity contribution in [3.8, 4) is 0 Å². The minimum atomic E-state index is -0.0863. The number of aromatic nitrogens is 1. The summed E-state index contributed by atoms with van der Waals surface area (Å²) >= 11 is 6.88. The molecule has 1 amide bonds. The van der Waals surface area contributed by atoms with Crippen molar-refractivity contribution in [1.29, 1.82) is 0 Å². The molecule has 1 aliphatic rings. The van der Waals surface area contributed by atoms with Gasteiger partial charge < -0.3 is 19.5 Å². The molecule has 2 heterocycles. The molecule has 3 rings (SSSR count). The van der Waals surface area contributed by atoms with Gasteiger partial charge in [0.15, 0.2) is 5.58 Å². The zero-order valence-corrected chi connectivity index (χ0v) is 14.6. The molecule has 0 bridgehead atoms. The van der Waals surface area contributed by atoms with E-state index in [2.05, 4.69) is 17.2 Å². The van der Waals surface area contributed by atoms with Crippen LogP contribution in [0.25, 0.3) is 11.1 Å². The highest BCUT2D eigenvalue weighted by Crippen LogP contribution is 2.34. The minimum absolute atomic E-state index is 0.0824. The van der Waals surface area contributed by atoms with Gasteiger partial charge in [-0.3, -0.25) is 4.79 Å². The average Bonchev–Trinajstić information content (AvgIpc) is 2.93. The Morgan fingerprint density at radius 2 is 2.22 bits per heavy atom. The van der Waals surface area contributed by atoms with Crippen LogP contribution in [0, 0.1) is 4.84 Å². The van der Waals surface area contributed by atoms with Gasteiger partial charge >= 0.3 is 0 Å². The van der Waals surface area contributed by atoms with Crippen LogP contribution < -0.4 is 5.32 Å². The maximum atomic E-state index is 12.5. The maximum absolute atomic E-state index is 12.5. The highest BCUT2D eigenvalue weighted by atomic mass is 32.2. The second-order valence-corrected chi connectivity index (χ2v) is 7.74. The summed E-state index contributed by atoms with van der Waals surface area (Å²) in [6, 6.07) is 5.32. The normalized spacial score (nSPS) is 17.3. The van der Waals surface area contributed by atoms with Crippen LogP contribution in [-0.4, -0.2) is 41.1 Å². The van der Waals surface area contributed by atoms with Gasteiger partial charge in [-0.15, -0.1) is 0 Å². The molecular formula is C16H20N2O3S2. The fourth-order valence-electron chi connectivity index (χ4n) is 2.85. The van der Waals surface area contributed by atoms with Crippen LogP contribution in [0.5, 0.6) is 0 Å². The summed E-state index contributed by atoms with van der Waals surface area (Å²) in [5.74, 6) is 0.947. The van der Waals surface area contributed by atoms with E-state index in [1.165, 1.54) is 0 Å². The molecule has 2 aromatic rings. The molecule has 0 radical (unpaired) electrons. The smallest absolute Gasteiger partial charge is 0.266 e. The number of ether oxygens (including phenoxy) is 1. The maximum Gasteiger partial charge on any atom is 0.266 e. The number of carbonyl (C=O) groups excluding carboxylic acids is 1. The largest absolute Gasteiger partial charge is 0.429 e. The van der Waals surface area contributed by atoms with Gasteiger partial charge in [-0.1, -0.05) is 6.92 Å². The van der Waals surface area contributed by atoms with Crippen molar-refractivity contribution in [2.24, 2.45) is 0 Å². The lowest BCUT2D eigenvalue weighted by molar-refractivity contribution is 0.0741. The zero-order valence-electron chi connectivity index (χ0n) is 13.0. The summed E-state index contributed by atoms with van der Waals surface area (Å²) in [6.07, 6.45) is 1.94. The third-order valence-corrected chi connectivity index (χ3v) is 5.75. The van der Waals surface area contributed by atoms with Gasteiger partial charge in [-0.05, 0) is 49.0 Å². The van der Waals surface area contributed by atoms with E-state index in [9.17, 15) is 4.79 Å². The molecule has 7 heteroatoms. The van der Waals surface area contributed by atoms with Crippen molar-refractivity contribution >= 4 is 41.0 Å². The fourth-order valence-corrected chi connectivity index (χ4v) is 4.29. The summed E-state index contributed by atoms with van der Waals surface area (Å²) in [6.45, 7) is 4.33. The number of rotatable bonds is 5. The molecule has 23 heavy (non-hydrogen) atoms. The molecule has 1 fully saturated rings. The molecule has 2 N–H and O–H groups in total. The van der Waals surface area contributed by atoms with Gasteiger partial charge in [0.1, 0.15) is 0 Å². The number of aromatic amines is 1. The third kappa shape index (κ3) is 3.79. The molecule has 1 aromatic carbocycles. The standard InChI is InChI=1S/C16H20N2O3S2/c1-2-23-16(5-7-20-8-6-16)10-17-14(19)11-3-4-12-13(9-11)21-15(22)18-12/h3-4,9H,2,5-8,10H2,1H3,(H,17,19)(H,18,22). The van der Waals surface area contributed by atoms with Crippen molar-refractivity contribution in [2.75, 3.05) is 25.5 Å². The monoisotopic (exact) mass is 352 g/mol. The van der Waals surface area contributed by atoms with E-state index in [1.807, 2.05) is 17.8 Å². The van der Waals surface area contributed by atoms with E-state index in [0.29, 0.717) is 22.5 Å². The average molecular weight is 352 g/mol. The summed E-state index contributed by atoms with van der Waals surface area (Å²) in [4.78, 5) is 15.7. The molecule has 1 aliphatic heterocycles. The summed E-state index contributed by atoms with van der Waals surface area (Å²) in [5, 5.41) is 3.07. The Balaban J connectivity index is 1.70. The number of thioether (sulfide) groups is 1. The third-order valence-electron chi connectivity index (χ3n) is 4.11. The number of carbonyl (C=O) groups is 1. The van der Waals surface area contributed by atoms with Crippen molar-refractivity contribution in [3.05, 3.63) is 28.6 Å². The van der Waals surface area contributed by atoms with Crippen LogP contribution in [0.1, 0.15) is 30.1 Å². The molecule has 0 spiro atoms. The molecule has 0 unspecified atom stereocenters. The van der Waals surface area contributed by atoms with Crippen LogP contribution in [-0.2, 0) is 4.74 Å². The van der Waals surface area contributed by atoms with Crippen molar-refractivity contribution in [2.45, 2.75) is 24.5 Å². The lowest BCUT2D eigenvalue weighted by Gasteiger charge is -2.36. The van der Waals surface area contributed by atoms with Crippen molar-refractivity contribution in [3.63, 3.8) is 0 Å². The van der Waals surface area contributed by atoms with E-state index in [1.54, 1.807) is 12.1 Å². The molecule has 124 valence electrons. The first-order chi connectivity index (χ1) is 11.1. The number of amides is 1. The lowest BCUT2D eigenvalue weighted by atomic mass is 9.99. The number of benzene rings is 1. The minimum Gasteiger partial charge on any atom is -0.429 e. The molecule has 5 nitrogen and oxygen atoms in total. The first kappa shape index (κ1) is 16.5. The molecule has 0 saturated carbocycles. The number of hydrogen-bond acceptors (Lipinski definition) is 5. The van der Waals surface area contributed by atoms with Crippen molar-refractivity contribution < 1.29 is 13.9 Å². The van der Waals surface area contributed by atoms with Crippen LogP contribution in [0.2, 0.25) is 0 Å². The Morgan fingerprint density at radius 1 is 1.43 bits per heavy atom. The predicted octanol–water partition coefficient (Wildman–Crippen LogP) is 3.52. The summed E-state index contributed by atoms with van der Waals surface area (Å²) in [5.41, 5.74) is 1.99. The van der Waals surface area contributed by atoms with Crippen LogP contribution in [0.3, 0.4) is 0 Å². The fraction of sp³-hybridized carbons (Fsp3) is 0.500. The van der Waals surface area contributed by atoms with E-state index in [0.717, 1.165) is 37.3 Å². The van der Waals surface area contributed by atoms with E-state index in [4.69, 9.17) is 21.4 Å². The van der Waals surface area contributed by atoms with Crippen LogP contribution in [0.4, 0.5) is 0 Å². The van der Waals surface area contributed by atoms with Gasteiger partial charge in [0.25, 0.3) is 10.7 Å². The predicted molar refractivity (Wildman–Crippen MR) is 94.6 cm³/mol. The van der Waals surface area contributed by atoms with Gasteiger partial charge in [0.2, 0.25) is 0 Å². The Kier molecular flexibility index (Phi) is 5.08. The number of H-pyrrole nitrogens is 1. The number of fused-ring (bicyclic) bond motifs is 1. The van der Waals surface area contributed by atoms with Crippen molar-refractivity contribution in [1.82, 2.24) is 10.3 Å².